The van der Waals surface area contributed by atoms with Gasteiger partial charge in [-0.15, -0.1) is 11.8 Å². The number of carbonyl (C=O) groups excluding carboxylic acids is 4. The van der Waals surface area contributed by atoms with E-state index in [1.807, 2.05) is 0 Å². The molecule has 1 amide bonds. The number of Topliss-reactive ketones (excluding diaryl/α,β-unsaturated/α-hetero) is 1. The van der Waals surface area contributed by atoms with E-state index in [1.54, 1.807) is 106 Å². The van der Waals surface area contributed by atoms with Crippen molar-refractivity contribution in [1.82, 2.24) is 5.32 Å². The molecule has 10 unspecified atom stereocenters. The van der Waals surface area contributed by atoms with Crippen LogP contribution in [0.4, 0.5) is 0 Å². The molecule has 3 aliphatic carbocycles. The molecule has 7 rings (SSSR count). The molecule has 4 aliphatic rings. The number of aliphatic hydroxyl groups excluding tert-OH is 2. The second-order valence-corrected chi connectivity index (χ2v) is 17.6. The van der Waals surface area contributed by atoms with Crippen LogP contribution in [0.5, 0.6) is 0 Å². The van der Waals surface area contributed by atoms with Crippen LogP contribution in [0.2, 0.25) is 0 Å². The van der Waals surface area contributed by atoms with Crippen molar-refractivity contribution in [3.63, 3.8) is 0 Å². The number of carbonyl (C=O) groups is 4. The zero-order valence-corrected chi connectivity index (χ0v) is 34.4. The van der Waals surface area contributed by atoms with Crippen LogP contribution in [0.1, 0.15) is 72.9 Å². The van der Waals surface area contributed by atoms with Gasteiger partial charge < -0.3 is 44.7 Å². The summed E-state index contributed by atoms with van der Waals surface area (Å²) in [5, 5.41) is 52.7. The Hall–Kier alpha value is -4.41. The molecule has 14 heteroatoms. The van der Waals surface area contributed by atoms with E-state index in [-0.39, 0.29) is 35.7 Å². The van der Waals surface area contributed by atoms with E-state index >= 15 is 0 Å². The molecule has 0 aromatic heterocycles. The average molecular weight is 830 g/mol. The summed E-state index contributed by atoms with van der Waals surface area (Å²) in [6, 6.07) is 24.2. The van der Waals surface area contributed by atoms with Gasteiger partial charge in [0.25, 0.3) is 5.91 Å². The lowest BCUT2D eigenvalue weighted by Crippen LogP contribution is -2.81. The Balaban J connectivity index is 1.34. The van der Waals surface area contributed by atoms with E-state index in [2.05, 4.69) is 5.32 Å². The summed E-state index contributed by atoms with van der Waals surface area (Å²) in [6.45, 7) is 5.89. The molecule has 11 atom stereocenters. The fourth-order valence-electron chi connectivity index (χ4n) is 9.83. The Bertz CT molecular complexity index is 2100. The van der Waals surface area contributed by atoms with Crippen molar-refractivity contribution in [3.05, 3.63) is 119 Å². The maximum absolute atomic E-state index is 14.9. The number of amides is 1. The fourth-order valence-corrected chi connectivity index (χ4v) is 10.1. The van der Waals surface area contributed by atoms with Crippen LogP contribution in [0.15, 0.2) is 102 Å². The average Bonchev–Trinajstić information content (AvgIpc) is 3.23. The summed E-state index contributed by atoms with van der Waals surface area (Å²) < 4.78 is 24.4. The van der Waals surface area contributed by atoms with Crippen molar-refractivity contribution in [2.75, 3.05) is 18.8 Å². The number of rotatable bonds is 11. The van der Waals surface area contributed by atoms with Gasteiger partial charge in [0.05, 0.1) is 41.8 Å². The van der Waals surface area contributed by atoms with Gasteiger partial charge >= 0.3 is 11.9 Å². The van der Waals surface area contributed by atoms with E-state index < -0.39 is 101 Å². The minimum Gasteiger partial charge on any atom is -0.456 e. The van der Waals surface area contributed by atoms with Crippen molar-refractivity contribution in [2.24, 2.45) is 16.7 Å². The molecule has 2 bridgehead atoms. The topological polar surface area (TPSA) is 198 Å². The number of nitrogens with one attached hydrogen (secondary N) is 1. The molecule has 3 aromatic carbocycles. The lowest BCUT2D eigenvalue weighted by atomic mass is 9.44. The van der Waals surface area contributed by atoms with E-state index in [9.17, 15) is 39.6 Å². The highest BCUT2D eigenvalue weighted by Gasteiger charge is 2.76. The predicted molar refractivity (Wildman–Crippen MR) is 216 cm³/mol. The number of thioether (sulfide) groups is 1. The number of fused-ring (bicyclic) bond motifs is 5. The van der Waals surface area contributed by atoms with Gasteiger partial charge in [-0.1, -0.05) is 80.6 Å². The molecule has 2 saturated carbocycles. The van der Waals surface area contributed by atoms with E-state index in [4.69, 9.17) is 18.9 Å². The molecule has 13 nitrogen and oxygen atoms in total. The highest BCUT2D eigenvalue weighted by Crippen LogP contribution is 2.63. The van der Waals surface area contributed by atoms with Crippen LogP contribution in [-0.2, 0) is 28.5 Å². The Morgan fingerprint density at radius 1 is 0.898 bits per heavy atom. The van der Waals surface area contributed by atoms with E-state index in [0.717, 1.165) is 0 Å². The first-order chi connectivity index (χ1) is 28.0. The number of esters is 2. The standard InChI is InChI=1S/C45H51NO12S/c1-25-29(57-41(52)35(56-24-59-5)33(26-15-9-6-10-16-26)46-39(50)27-17-11-7-12-18-27)22-45(54)38(58-40(51)28-19-13-8-14-20-28)36-43(4,30(47)21-31-44(36,53)23-55-31)37(49)34(48)32(25)42(45,2)3/h6-20,29-31,33-36,38,47-48,53-54H,21-24H2,1-5H3,(H,46,50)/t29?,30?,31?,33?,34?,35?,36?,38?,43-,44?,45?/m1/s1. The summed E-state index contributed by atoms with van der Waals surface area (Å²) in [5.74, 6) is -4.60. The summed E-state index contributed by atoms with van der Waals surface area (Å²) >= 11 is 1.29. The van der Waals surface area contributed by atoms with Gasteiger partial charge in [0, 0.05) is 29.7 Å². The lowest BCUT2D eigenvalue weighted by Gasteiger charge is -2.66. The summed E-state index contributed by atoms with van der Waals surface area (Å²) in [7, 11) is 0. The minimum atomic E-state index is -2.27. The van der Waals surface area contributed by atoms with Crippen LogP contribution in [-0.4, -0.2) is 111 Å². The van der Waals surface area contributed by atoms with Crippen molar-refractivity contribution in [2.45, 2.75) is 94.4 Å². The van der Waals surface area contributed by atoms with Crippen LogP contribution in [0.3, 0.4) is 0 Å². The molecule has 0 spiro atoms. The van der Waals surface area contributed by atoms with Gasteiger partial charge in [0.1, 0.15) is 29.5 Å². The Morgan fingerprint density at radius 2 is 1.49 bits per heavy atom. The number of ether oxygens (including phenoxy) is 4. The second kappa shape index (κ2) is 16.2. The number of hydrogen-bond donors (Lipinski definition) is 5. The first-order valence-corrected chi connectivity index (χ1v) is 21.1. The monoisotopic (exact) mass is 829 g/mol. The smallest absolute Gasteiger partial charge is 0.338 e. The Kier molecular flexibility index (Phi) is 11.7. The molecular weight excluding hydrogens is 779 g/mol. The number of aliphatic hydroxyl groups is 4. The van der Waals surface area contributed by atoms with Crippen LogP contribution in [0, 0.1) is 16.7 Å². The quantitative estimate of drug-likeness (QED) is 0.106. The normalized spacial score (nSPS) is 33.1. The van der Waals surface area contributed by atoms with Crippen molar-refractivity contribution in [1.29, 1.82) is 0 Å². The molecule has 1 aliphatic heterocycles. The largest absolute Gasteiger partial charge is 0.456 e. The number of hydrogen-bond acceptors (Lipinski definition) is 13. The Labute approximate surface area is 347 Å². The number of benzene rings is 3. The van der Waals surface area contributed by atoms with Crippen molar-refractivity contribution in [3.8, 4) is 0 Å². The summed E-state index contributed by atoms with van der Waals surface area (Å²) in [5.41, 5.74) is -6.39. The summed E-state index contributed by atoms with van der Waals surface area (Å²) in [6.07, 6.45) is -7.72. The minimum absolute atomic E-state index is 0.0132. The molecule has 0 radical (unpaired) electrons. The molecule has 59 heavy (non-hydrogen) atoms. The fraction of sp³-hybridized carbons (Fsp3) is 0.467. The van der Waals surface area contributed by atoms with Crippen molar-refractivity contribution >= 4 is 35.4 Å². The lowest BCUT2D eigenvalue weighted by molar-refractivity contribution is -0.343. The molecule has 3 aromatic rings. The zero-order valence-electron chi connectivity index (χ0n) is 33.6. The van der Waals surface area contributed by atoms with Gasteiger partial charge in [-0.3, -0.25) is 9.59 Å². The van der Waals surface area contributed by atoms with Crippen LogP contribution in [0.25, 0.3) is 0 Å². The van der Waals surface area contributed by atoms with E-state index in [0.29, 0.717) is 11.1 Å². The second-order valence-electron chi connectivity index (χ2n) is 16.8. The molecule has 5 N–H and O–H groups in total. The summed E-state index contributed by atoms with van der Waals surface area (Å²) in [4.78, 5) is 57.2. The van der Waals surface area contributed by atoms with Crippen LogP contribution >= 0.6 is 11.8 Å². The Morgan fingerprint density at radius 3 is 2.07 bits per heavy atom. The maximum Gasteiger partial charge on any atom is 0.338 e. The third-order valence-corrected chi connectivity index (χ3v) is 13.6. The van der Waals surface area contributed by atoms with Gasteiger partial charge in [0.2, 0.25) is 0 Å². The first-order valence-electron chi connectivity index (χ1n) is 19.7. The third-order valence-electron chi connectivity index (χ3n) is 13.3. The van der Waals surface area contributed by atoms with Crippen LogP contribution < -0.4 is 5.32 Å². The molecule has 3 fully saturated rings. The molecule has 314 valence electrons. The van der Waals surface area contributed by atoms with E-state index in [1.165, 1.54) is 30.8 Å². The highest BCUT2D eigenvalue weighted by atomic mass is 32.2. The van der Waals surface area contributed by atoms with Gasteiger partial charge in [0.15, 0.2) is 11.9 Å². The highest BCUT2D eigenvalue weighted by molar-refractivity contribution is 7.98. The SMILES string of the molecule is CSCOC(C(=O)OC1CC2(O)C(OC(=O)c3ccccc3)C3C4(O)COC4CC(O)[C@@]3(C)C(=O)C(O)C(=C1C)C2(C)C)C(NC(=O)c1ccccc1)c1ccccc1. The maximum atomic E-state index is 14.9. The first kappa shape index (κ1) is 42.7. The molecule has 1 saturated heterocycles. The zero-order chi connectivity index (χ0) is 42.5. The van der Waals surface area contributed by atoms with Gasteiger partial charge in [-0.25, -0.2) is 9.59 Å². The van der Waals surface area contributed by atoms with Gasteiger partial charge in [-0.2, -0.15) is 0 Å². The molecular formula is C45H51NO12S. The molecule has 1 heterocycles. The van der Waals surface area contributed by atoms with Crippen molar-refractivity contribution < 1.29 is 58.6 Å². The third kappa shape index (κ3) is 7.11. The number of ketones is 1. The predicted octanol–water partition coefficient (Wildman–Crippen LogP) is 3.94. The van der Waals surface area contributed by atoms with Gasteiger partial charge in [-0.05, 0) is 61.1 Å².